The molecule has 1 N–H and O–H groups in total. The molecule has 164 valence electrons. The highest BCUT2D eigenvalue weighted by molar-refractivity contribution is 5.66. The van der Waals surface area contributed by atoms with Crippen molar-refractivity contribution in [1.29, 1.82) is 0 Å². The van der Waals surface area contributed by atoms with Crippen LogP contribution in [0.2, 0.25) is 0 Å². The van der Waals surface area contributed by atoms with E-state index in [4.69, 9.17) is 9.84 Å². The Hall–Kier alpha value is -0.830. The molecular weight excluding hydrogens is 360 g/mol. The maximum atomic E-state index is 11.1. The molecule has 3 fully saturated rings. The molecule has 3 heteroatoms. The van der Waals surface area contributed by atoms with Crippen LogP contribution in [-0.2, 0) is 9.53 Å². The van der Waals surface area contributed by atoms with Crippen molar-refractivity contribution in [1.82, 2.24) is 0 Å². The minimum absolute atomic E-state index is 0.269. The zero-order valence-corrected chi connectivity index (χ0v) is 19.0. The summed E-state index contributed by atoms with van der Waals surface area (Å²) in [5, 5.41) is 9.12. The number of hydrogen-bond donors (Lipinski definition) is 1. The Balaban J connectivity index is 1.53. The van der Waals surface area contributed by atoms with Crippen LogP contribution >= 0.6 is 0 Å². The van der Waals surface area contributed by atoms with E-state index in [2.05, 4.69) is 39.8 Å². The van der Waals surface area contributed by atoms with Gasteiger partial charge in [-0.3, -0.25) is 4.79 Å². The van der Waals surface area contributed by atoms with E-state index in [0.29, 0.717) is 29.8 Å². The van der Waals surface area contributed by atoms with Gasteiger partial charge in [0.25, 0.3) is 0 Å². The van der Waals surface area contributed by atoms with E-state index >= 15 is 0 Å². The van der Waals surface area contributed by atoms with Crippen molar-refractivity contribution in [2.24, 2.45) is 46.3 Å². The predicted octanol–water partition coefficient (Wildman–Crippen LogP) is 6.33. The van der Waals surface area contributed by atoms with Gasteiger partial charge in [0.2, 0.25) is 0 Å². The molecule has 0 bridgehead atoms. The van der Waals surface area contributed by atoms with Crippen LogP contribution < -0.4 is 0 Å². The Kier molecular flexibility index (Phi) is 5.92. The average Bonchev–Trinajstić information content (AvgIpc) is 3.04. The van der Waals surface area contributed by atoms with Crippen molar-refractivity contribution < 1.29 is 14.6 Å². The summed E-state index contributed by atoms with van der Waals surface area (Å²) in [5.74, 6) is 3.65. The molecule has 0 amide bonds. The molecule has 0 aliphatic heterocycles. The van der Waals surface area contributed by atoms with Gasteiger partial charge in [-0.05, 0) is 105 Å². The Morgan fingerprint density at radius 2 is 2.00 bits per heavy atom. The summed E-state index contributed by atoms with van der Waals surface area (Å²) in [5.41, 5.74) is 0.714. The number of carboxylic acid groups (broad SMARTS) is 1. The van der Waals surface area contributed by atoms with Gasteiger partial charge in [0, 0.05) is 13.0 Å². The van der Waals surface area contributed by atoms with Crippen LogP contribution in [0.15, 0.2) is 12.2 Å². The van der Waals surface area contributed by atoms with Crippen LogP contribution in [-0.4, -0.2) is 23.8 Å². The van der Waals surface area contributed by atoms with Gasteiger partial charge in [-0.25, -0.2) is 0 Å². The fraction of sp³-hybridized carbons (Fsp3) is 0.885. The summed E-state index contributed by atoms with van der Waals surface area (Å²) >= 11 is 0. The second-order valence-corrected chi connectivity index (χ2v) is 11.2. The molecule has 0 aromatic carbocycles. The normalized spacial score (nSPS) is 47.2. The van der Waals surface area contributed by atoms with Gasteiger partial charge < -0.3 is 9.84 Å². The zero-order chi connectivity index (χ0) is 20.8. The molecule has 0 unspecified atom stereocenters. The molecule has 3 saturated carbocycles. The third-order valence-electron chi connectivity index (χ3n) is 10.0. The largest absolute Gasteiger partial charge is 0.481 e. The molecule has 0 spiro atoms. The van der Waals surface area contributed by atoms with Crippen LogP contribution in [0, 0.1) is 46.3 Å². The van der Waals surface area contributed by atoms with Gasteiger partial charge in [0.15, 0.2) is 0 Å². The first-order valence-electron chi connectivity index (χ1n) is 12.3. The number of allylic oxidation sites excluding steroid dienone is 2. The van der Waals surface area contributed by atoms with Crippen molar-refractivity contribution in [2.45, 2.75) is 91.6 Å². The van der Waals surface area contributed by atoms with Gasteiger partial charge in [0.1, 0.15) is 0 Å². The summed E-state index contributed by atoms with van der Waals surface area (Å²) in [7, 11) is 0. The number of aliphatic carboxylic acids is 1. The van der Waals surface area contributed by atoms with E-state index in [1.165, 1.54) is 44.9 Å². The fourth-order valence-corrected chi connectivity index (χ4v) is 8.47. The zero-order valence-electron chi connectivity index (χ0n) is 19.0. The predicted molar refractivity (Wildman–Crippen MR) is 117 cm³/mol. The average molecular weight is 403 g/mol. The molecule has 4 rings (SSSR count). The standard InChI is InChI=1S/C26H42O3/c1-5-29-19-12-14-25(3)18(16-19)7-8-20-22-10-9-21(17(2)6-11-24(27)28)26(22,4)15-13-23(20)25/h13,15,17-23H,5-12,14,16H2,1-4H3,(H,27,28)/t17-,18-,19+,20+,21-,22+,23+,25+,26-/m1/s1. The number of fused-ring (bicyclic) bond motifs is 5. The summed E-state index contributed by atoms with van der Waals surface area (Å²) in [6.07, 6.45) is 16.0. The number of rotatable bonds is 6. The van der Waals surface area contributed by atoms with Crippen molar-refractivity contribution in [2.75, 3.05) is 6.61 Å². The van der Waals surface area contributed by atoms with Crippen LogP contribution in [0.3, 0.4) is 0 Å². The third-order valence-corrected chi connectivity index (χ3v) is 10.0. The van der Waals surface area contributed by atoms with Crippen LogP contribution in [0.5, 0.6) is 0 Å². The highest BCUT2D eigenvalue weighted by Gasteiger charge is 2.58. The van der Waals surface area contributed by atoms with Crippen molar-refractivity contribution in [3.05, 3.63) is 12.2 Å². The van der Waals surface area contributed by atoms with E-state index in [-0.39, 0.29) is 5.41 Å². The number of carboxylic acids is 1. The summed E-state index contributed by atoms with van der Waals surface area (Å²) in [4.78, 5) is 11.1. The SMILES string of the molecule is CCO[C@H]1CC[C@@]2(C)[C@H](CC[C@H]3[C@@H]4CC[C@H]([C@H](C)CCC(=O)O)[C@@]4(C)C=C[C@@H]32)C1. The van der Waals surface area contributed by atoms with Crippen molar-refractivity contribution in [3.8, 4) is 0 Å². The van der Waals surface area contributed by atoms with Gasteiger partial charge in [-0.2, -0.15) is 0 Å². The van der Waals surface area contributed by atoms with Gasteiger partial charge in [0.05, 0.1) is 6.10 Å². The fourth-order valence-electron chi connectivity index (χ4n) is 8.47. The molecular formula is C26H42O3. The smallest absolute Gasteiger partial charge is 0.303 e. The Morgan fingerprint density at radius 3 is 2.72 bits per heavy atom. The third kappa shape index (κ3) is 3.60. The lowest BCUT2D eigenvalue weighted by Crippen LogP contribution is -2.52. The first kappa shape index (κ1) is 21.4. The molecule has 0 radical (unpaired) electrons. The summed E-state index contributed by atoms with van der Waals surface area (Å²) in [6.45, 7) is 10.4. The quantitative estimate of drug-likeness (QED) is 0.528. The molecule has 0 heterocycles. The molecule has 0 aromatic heterocycles. The number of carbonyl (C=O) groups is 1. The minimum Gasteiger partial charge on any atom is -0.481 e. The molecule has 0 saturated heterocycles. The number of ether oxygens (including phenoxy) is 1. The molecule has 4 aliphatic carbocycles. The molecule has 3 nitrogen and oxygen atoms in total. The van der Waals surface area contributed by atoms with Crippen LogP contribution in [0.1, 0.15) is 85.5 Å². The van der Waals surface area contributed by atoms with Gasteiger partial charge >= 0.3 is 5.97 Å². The topological polar surface area (TPSA) is 46.5 Å². The molecule has 9 atom stereocenters. The maximum absolute atomic E-state index is 11.1. The van der Waals surface area contributed by atoms with E-state index in [1.54, 1.807) is 0 Å². The van der Waals surface area contributed by atoms with Crippen molar-refractivity contribution in [3.63, 3.8) is 0 Å². The first-order chi connectivity index (χ1) is 13.8. The van der Waals surface area contributed by atoms with Gasteiger partial charge in [-0.1, -0.05) is 32.9 Å². The lowest BCUT2D eigenvalue weighted by atomic mass is 9.46. The molecule has 4 aliphatic rings. The number of hydrogen-bond acceptors (Lipinski definition) is 2. The van der Waals surface area contributed by atoms with E-state index in [1.807, 2.05) is 0 Å². The summed E-state index contributed by atoms with van der Waals surface area (Å²) in [6, 6.07) is 0. The van der Waals surface area contributed by atoms with Crippen molar-refractivity contribution >= 4 is 5.97 Å². The lowest BCUT2D eigenvalue weighted by Gasteiger charge is -2.59. The van der Waals surface area contributed by atoms with Crippen LogP contribution in [0.25, 0.3) is 0 Å². The Morgan fingerprint density at radius 1 is 1.21 bits per heavy atom. The van der Waals surface area contributed by atoms with E-state index in [9.17, 15) is 4.79 Å². The van der Waals surface area contributed by atoms with E-state index in [0.717, 1.165) is 36.7 Å². The minimum atomic E-state index is -0.648. The molecule has 0 aromatic rings. The van der Waals surface area contributed by atoms with E-state index < -0.39 is 5.97 Å². The maximum Gasteiger partial charge on any atom is 0.303 e. The van der Waals surface area contributed by atoms with Crippen LogP contribution in [0.4, 0.5) is 0 Å². The Bertz CT molecular complexity index is 642. The summed E-state index contributed by atoms with van der Waals surface area (Å²) < 4.78 is 6.02. The van der Waals surface area contributed by atoms with Gasteiger partial charge in [-0.15, -0.1) is 0 Å². The monoisotopic (exact) mass is 402 g/mol. The highest BCUT2D eigenvalue weighted by atomic mass is 16.5. The molecule has 29 heavy (non-hydrogen) atoms. The lowest BCUT2D eigenvalue weighted by molar-refractivity contribution is -0.137. The second-order valence-electron chi connectivity index (χ2n) is 11.2. The Labute approximate surface area is 177 Å². The first-order valence-corrected chi connectivity index (χ1v) is 12.3. The highest BCUT2D eigenvalue weighted by Crippen LogP contribution is 2.66. The second kappa shape index (κ2) is 8.02.